The van der Waals surface area contributed by atoms with Crippen LogP contribution in [0, 0.1) is 18.3 Å². The lowest BCUT2D eigenvalue weighted by atomic mass is 10.1. The van der Waals surface area contributed by atoms with E-state index in [1.165, 1.54) is 0 Å². The Kier molecular flexibility index (Phi) is 3.49. The minimum atomic E-state index is -0.569. The van der Waals surface area contributed by atoms with E-state index in [1.54, 1.807) is 30.0 Å². The lowest BCUT2D eigenvalue weighted by molar-refractivity contribution is 0.00342. The molecule has 1 saturated heterocycles. The summed E-state index contributed by atoms with van der Waals surface area (Å²) < 4.78 is 5.19. The van der Waals surface area contributed by atoms with Crippen molar-refractivity contribution in [3.63, 3.8) is 0 Å². The van der Waals surface area contributed by atoms with Crippen LogP contribution in [-0.2, 0) is 4.74 Å². The number of carbonyl (C=O) groups excluding carboxylic acids is 1. The second-order valence-corrected chi connectivity index (χ2v) is 4.19. The summed E-state index contributed by atoms with van der Waals surface area (Å²) in [4.78, 5) is 13.9. The molecule has 0 bridgehead atoms. The van der Waals surface area contributed by atoms with Gasteiger partial charge in [-0.05, 0) is 19.1 Å². The third-order valence-corrected chi connectivity index (χ3v) is 3.03. The molecule has 1 aliphatic rings. The molecule has 1 aromatic rings. The third kappa shape index (κ3) is 2.29. The van der Waals surface area contributed by atoms with Crippen LogP contribution in [-0.4, -0.2) is 41.7 Å². The van der Waals surface area contributed by atoms with E-state index in [-0.39, 0.29) is 18.2 Å². The topological polar surface area (TPSA) is 73.6 Å². The van der Waals surface area contributed by atoms with Gasteiger partial charge in [0.05, 0.1) is 19.2 Å². The molecule has 1 unspecified atom stereocenters. The number of ether oxygens (including phenoxy) is 1. The molecule has 1 heterocycles. The number of aromatic hydroxyl groups is 1. The first-order chi connectivity index (χ1) is 8.63. The average Bonchev–Trinajstić information content (AvgIpc) is 2.41. The summed E-state index contributed by atoms with van der Waals surface area (Å²) in [5.74, 6) is -0.0714. The van der Waals surface area contributed by atoms with E-state index in [0.717, 1.165) is 0 Å². The molecule has 0 aliphatic carbocycles. The Labute approximate surface area is 105 Å². The summed E-state index contributed by atoms with van der Waals surface area (Å²) >= 11 is 0. The average molecular weight is 246 g/mol. The van der Waals surface area contributed by atoms with Crippen LogP contribution in [0.3, 0.4) is 0 Å². The van der Waals surface area contributed by atoms with Gasteiger partial charge in [0.1, 0.15) is 5.75 Å². The second kappa shape index (κ2) is 5.07. The standard InChI is InChI=1S/C13H14N2O3/c1-9-11(3-2-4-12(9)16)13(17)15-5-6-18-10(7-14)8-15/h2-4,10,16H,5-6,8H2,1H3. The SMILES string of the molecule is Cc1c(O)cccc1C(=O)N1CCOC(C#N)C1. The second-order valence-electron chi connectivity index (χ2n) is 4.19. The first kappa shape index (κ1) is 12.4. The van der Waals surface area contributed by atoms with Crippen LogP contribution < -0.4 is 0 Å². The number of phenolic OH excluding ortho intramolecular Hbond substituents is 1. The Balaban J connectivity index is 2.21. The zero-order valence-corrected chi connectivity index (χ0v) is 10.1. The first-order valence-corrected chi connectivity index (χ1v) is 5.72. The highest BCUT2D eigenvalue weighted by Crippen LogP contribution is 2.21. The predicted molar refractivity (Wildman–Crippen MR) is 64.1 cm³/mol. The number of amides is 1. The molecular formula is C13H14N2O3. The van der Waals surface area contributed by atoms with Crippen molar-refractivity contribution < 1.29 is 14.6 Å². The monoisotopic (exact) mass is 246 g/mol. The predicted octanol–water partition coefficient (Wildman–Crippen LogP) is 1.07. The number of hydrogen-bond donors (Lipinski definition) is 1. The van der Waals surface area contributed by atoms with Crippen LogP contribution in [0.15, 0.2) is 18.2 Å². The molecule has 18 heavy (non-hydrogen) atoms. The van der Waals surface area contributed by atoms with E-state index < -0.39 is 6.10 Å². The van der Waals surface area contributed by atoms with Gasteiger partial charge in [-0.1, -0.05) is 6.07 Å². The molecule has 94 valence electrons. The number of rotatable bonds is 1. The Morgan fingerprint density at radius 1 is 1.61 bits per heavy atom. The fourth-order valence-electron chi connectivity index (χ4n) is 1.94. The summed E-state index contributed by atoms with van der Waals surface area (Å²) in [6.45, 7) is 2.79. The minimum Gasteiger partial charge on any atom is -0.508 e. The van der Waals surface area contributed by atoms with Crippen molar-refractivity contribution in [2.45, 2.75) is 13.0 Å². The lowest BCUT2D eigenvalue weighted by Crippen LogP contribution is -2.45. The van der Waals surface area contributed by atoms with E-state index in [1.807, 2.05) is 6.07 Å². The highest BCUT2D eigenvalue weighted by Gasteiger charge is 2.25. The van der Waals surface area contributed by atoms with Crippen molar-refractivity contribution in [2.75, 3.05) is 19.7 Å². The highest BCUT2D eigenvalue weighted by atomic mass is 16.5. The summed E-state index contributed by atoms with van der Waals surface area (Å²) in [5.41, 5.74) is 1.02. The van der Waals surface area contributed by atoms with Gasteiger partial charge in [-0.25, -0.2) is 0 Å². The van der Waals surface area contributed by atoms with Crippen molar-refractivity contribution in [2.24, 2.45) is 0 Å². The van der Waals surface area contributed by atoms with Crippen molar-refractivity contribution in [3.05, 3.63) is 29.3 Å². The van der Waals surface area contributed by atoms with Gasteiger partial charge < -0.3 is 14.7 Å². The zero-order valence-electron chi connectivity index (χ0n) is 10.1. The minimum absolute atomic E-state index is 0.103. The van der Waals surface area contributed by atoms with Gasteiger partial charge in [-0.15, -0.1) is 0 Å². The van der Waals surface area contributed by atoms with Gasteiger partial charge in [-0.2, -0.15) is 5.26 Å². The van der Waals surface area contributed by atoms with Crippen molar-refractivity contribution in [1.29, 1.82) is 5.26 Å². The maximum Gasteiger partial charge on any atom is 0.254 e. The lowest BCUT2D eigenvalue weighted by Gasteiger charge is -2.30. The maximum absolute atomic E-state index is 12.3. The highest BCUT2D eigenvalue weighted by molar-refractivity contribution is 5.96. The largest absolute Gasteiger partial charge is 0.508 e. The van der Waals surface area contributed by atoms with Crippen LogP contribution in [0.2, 0.25) is 0 Å². The molecule has 0 aromatic heterocycles. The van der Waals surface area contributed by atoms with E-state index in [2.05, 4.69) is 0 Å². The van der Waals surface area contributed by atoms with Crippen molar-refractivity contribution in [1.82, 2.24) is 4.90 Å². The fourth-order valence-corrected chi connectivity index (χ4v) is 1.94. The van der Waals surface area contributed by atoms with E-state index >= 15 is 0 Å². The van der Waals surface area contributed by atoms with Crippen LogP contribution >= 0.6 is 0 Å². The number of benzene rings is 1. The van der Waals surface area contributed by atoms with Crippen LogP contribution in [0.1, 0.15) is 15.9 Å². The molecule has 2 rings (SSSR count). The smallest absolute Gasteiger partial charge is 0.254 e. The molecule has 5 nitrogen and oxygen atoms in total. The molecule has 1 aromatic carbocycles. The molecule has 1 aliphatic heterocycles. The molecular weight excluding hydrogens is 232 g/mol. The van der Waals surface area contributed by atoms with Crippen molar-refractivity contribution in [3.8, 4) is 11.8 Å². The Bertz CT molecular complexity index is 507. The van der Waals surface area contributed by atoms with Gasteiger partial charge in [0.25, 0.3) is 5.91 Å². The number of carbonyl (C=O) groups is 1. The summed E-state index contributed by atoms with van der Waals surface area (Å²) in [5, 5.41) is 18.4. The Morgan fingerprint density at radius 2 is 2.39 bits per heavy atom. The van der Waals surface area contributed by atoms with Crippen LogP contribution in [0.25, 0.3) is 0 Å². The van der Waals surface area contributed by atoms with Gasteiger partial charge in [0, 0.05) is 17.7 Å². The Morgan fingerprint density at radius 3 is 3.11 bits per heavy atom. The Hall–Kier alpha value is -2.06. The fraction of sp³-hybridized carbons (Fsp3) is 0.385. The number of nitrogens with zero attached hydrogens (tertiary/aromatic N) is 2. The molecule has 1 atom stereocenters. The first-order valence-electron chi connectivity index (χ1n) is 5.72. The third-order valence-electron chi connectivity index (χ3n) is 3.03. The number of morpholine rings is 1. The van der Waals surface area contributed by atoms with E-state index in [9.17, 15) is 9.90 Å². The molecule has 1 N–H and O–H groups in total. The van der Waals surface area contributed by atoms with Gasteiger partial charge in [0.2, 0.25) is 0 Å². The molecule has 5 heteroatoms. The van der Waals surface area contributed by atoms with Crippen LogP contribution in [0.5, 0.6) is 5.75 Å². The quantitative estimate of drug-likeness (QED) is 0.804. The zero-order chi connectivity index (χ0) is 13.1. The number of phenols is 1. The number of hydrogen-bond acceptors (Lipinski definition) is 4. The normalized spacial score (nSPS) is 19.3. The van der Waals surface area contributed by atoms with Crippen molar-refractivity contribution >= 4 is 5.91 Å². The van der Waals surface area contributed by atoms with Gasteiger partial charge in [-0.3, -0.25) is 4.79 Å². The van der Waals surface area contributed by atoms with Crippen LogP contribution in [0.4, 0.5) is 0 Å². The number of nitriles is 1. The molecule has 1 fully saturated rings. The van der Waals surface area contributed by atoms with Gasteiger partial charge in [0.15, 0.2) is 6.10 Å². The summed E-state index contributed by atoms with van der Waals surface area (Å²) in [6.07, 6.45) is -0.569. The van der Waals surface area contributed by atoms with E-state index in [4.69, 9.17) is 10.00 Å². The van der Waals surface area contributed by atoms with E-state index in [0.29, 0.717) is 24.3 Å². The maximum atomic E-state index is 12.3. The molecule has 0 saturated carbocycles. The summed E-state index contributed by atoms with van der Waals surface area (Å²) in [6, 6.07) is 6.86. The molecule has 1 amide bonds. The molecule has 0 radical (unpaired) electrons. The van der Waals surface area contributed by atoms with Gasteiger partial charge >= 0.3 is 0 Å². The molecule has 0 spiro atoms. The summed E-state index contributed by atoms with van der Waals surface area (Å²) in [7, 11) is 0.